The highest BCUT2D eigenvalue weighted by Gasteiger charge is 2.31. The summed E-state index contributed by atoms with van der Waals surface area (Å²) in [4.78, 5) is 13.9. The Bertz CT molecular complexity index is 708. The lowest BCUT2D eigenvalue weighted by Crippen LogP contribution is -2.45. The van der Waals surface area contributed by atoms with Gasteiger partial charge in [0.05, 0.1) is 22.2 Å². The van der Waals surface area contributed by atoms with Crippen molar-refractivity contribution in [2.24, 2.45) is 0 Å². The smallest absolute Gasteiger partial charge is 0.173 e. The Labute approximate surface area is 157 Å². The molecule has 1 atom stereocenters. The maximum atomic E-state index is 12.2. The van der Waals surface area contributed by atoms with E-state index in [2.05, 4.69) is 5.32 Å². The monoisotopic (exact) mass is 386 g/mol. The maximum Gasteiger partial charge on any atom is 0.173 e. The summed E-state index contributed by atoms with van der Waals surface area (Å²) >= 11 is 18.0. The molecule has 0 aliphatic carbocycles. The lowest BCUT2D eigenvalue weighted by Gasteiger charge is -2.35. The third-order valence-corrected chi connectivity index (χ3v) is 4.79. The maximum absolute atomic E-state index is 12.2. The molecule has 1 aliphatic rings. The molecule has 1 heterocycles. The number of halogens is 2. The SMILES string of the molecule is CC(=O)C1=C(C)N(C)C(=S)NC1c1cc(Cl)c(OC(C)C)c(Cl)c1. The van der Waals surface area contributed by atoms with Crippen molar-refractivity contribution in [3.8, 4) is 5.75 Å². The molecule has 1 aromatic rings. The zero-order valence-corrected chi connectivity index (χ0v) is 16.6. The van der Waals surface area contributed by atoms with Crippen LogP contribution in [0.15, 0.2) is 23.4 Å². The summed E-state index contributed by atoms with van der Waals surface area (Å²) in [5, 5.41) is 4.52. The molecule has 0 spiro atoms. The standard InChI is InChI=1S/C17H20Cl2N2O2S/c1-8(2)23-16-12(18)6-11(7-13(16)19)15-14(10(4)22)9(3)21(5)17(24)20-15/h6-8,15H,1-5H3,(H,20,24). The summed E-state index contributed by atoms with van der Waals surface area (Å²) in [5.41, 5.74) is 2.21. The molecule has 0 fully saturated rings. The molecule has 7 heteroatoms. The van der Waals surface area contributed by atoms with Crippen molar-refractivity contribution in [1.82, 2.24) is 10.2 Å². The summed E-state index contributed by atoms with van der Waals surface area (Å²) < 4.78 is 5.65. The van der Waals surface area contributed by atoms with Gasteiger partial charge in [0.15, 0.2) is 16.6 Å². The fourth-order valence-corrected chi connectivity index (χ4v) is 3.48. The highest BCUT2D eigenvalue weighted by atomic mass is 35.5. The fourth-order valence-electron chi connectivity index (χ4n) is 2.64. The Morgan fingerprint density at radius 2 is 1.88 bits per heavy atom. The van der Waals surface area contributed by atoms with Crippen molar-refractivity contribution in [2.75, 3.05) is 7.05 Å². The van der Waals surface area contributed by atoms with Gasteiger partial charge in [-0.05, 0) is 57.6 Å². The van der Waals surface area contributed by atoms with E-state index in [0.29, 0.717) is 26.5 Å². The van der Waals surface area contributed by atoms with E-state index in [0.717, 1.165) is 11.3 Å². The van der Waals surface area contributed by atoms with Crippen LogP contribution in [0.1, 0.15) is 39.3 Å². The normalized spacial score (nSPS) is 18.1. The lowest BCUT2D eigenvalue weighted by molar-refractivity contribution is -0.114. The number of allylic oxidation sites excluding steroid dienone is 1. The first-order valence-corrected chi connectivity index (χ1v) is 8.71. The largest absolute Gasteiger partial charge is 0.488 e. The van der Waals surface area contributed by atoms with Gasteiger partial charge >= 0.3 is 0 Å². The van der Waals surface area contributed by atoms with Crippen LogP contribution in [-0.4, -0.2) is 28.9 Å². The average molecular weight is 387 g/mol. The number of thiocarbonyl (C=S) groups is 1. The number of hydrogen-bond acceptors (Lipinski definition) is 3. The highest BCUT2D eigenvalue weighted by Crippen LogP contribution is 2.39. The third kappa shape index (κ3) is 3.68. The van der Waals surface area contributed by atoms with E-state index in [1.54, 1.807) is 17.0 Å². The Morgan fingerprint density at radius 3 is 2.33 bits per heavy atom. The van der Waals surface area contributed by atoms with Crippen LogP contribution in [0.3, 0.4) is 0 Å². The van der Waals surface area contributed by atoms with Crippen molar-refractivity contribution >= 4 is 46.3 Å². The fraction of sp³-hybridized carbons (Fsp3) is 0.412. The van der Waals surface area contributed by atoms with Crippen LogP contribution in [0.25, 0.3) is 0 Å². The number of carbonyl (C=O) groups is 1. The van der Waals surface area contributed by atoms with Crippen LogP contribution in [0.4, 0.5) is 0 Å². The quantitative estimate of drug-likeness (QED) is 0.771. The summed E-state index contributed by atoms with van der Waals surface area (Å²) in [6, 6.07) is 3.12. The van der Waals surface area contributed by atoms with E-state index in [1.807, 2.05) is 27.8 Å². The van der Waals surface area contributed by atoms with E-state index in [9.17, 15) is 4.79 Å². The van der Waals surface area contributed by atoms with Crippen molar-refractivity contribution in [1.29, 1.82) is 0 Å². The summed E-state index contributed by atoms with van der Waals surface area (Å²) in [7, 11) is 1.82. The number of nitrogens with zero attached hydrogens (tertiary/aromatic N) is 1. The number of rotatable bonds is 4. The van der Waals surface area contributed by atoms with E-state index in [-0.39, 0.29) is 11.9 Å². The van der Waals surface area contributed by atoms with Gasteiger partial charge < -0.3 is 15.0 Å². The van der Waals surface area contributed by atoms with Gasteiger partial charge in [0, 0.05) is 18.3 Å². The van der Waals surface area contributed by atoms with Crippen LogP contribution in [0.5, 0.6) is 5.75 Å². The molecule has 0 radical (unpaired) electrons. The Morgan fingerprint density at radius 1 is 1.33 bits per heavy atom. The van der Waals surface area contributed by atoms with Crippen molar-refractivity contribution in [3.63, 3.8) is 0 Å². The van der Waals surface area contributed by atoms with Crippen LogP contribution in [-0.2, 0) is 4.79 Å². The van der Waals surface area contributed by atoms with Crippen molar-refractivity contribution in [2.45, 2.75) is 39.8 Å². The van der Waals surface area contributed by atoms with E-state index in [4.69, 9.17) is 40.2 Å². The topological polar surface area (TPSA) is 41.6 Å². The Hall–Kier alpha value is -1.30. The minimum Gasteiger partial charge on any atom is -0.488 e. The minimum atomic E-state index is -0.394. The number of ether oxygens (including phenoxy) is 1. The second-order valence-electron chi connectivity index (χ2n) is 5.98. The molecule has 1 N–H and O–H groups in total. The summed E-state index contributed by atoms with van der Waals surface area (Å²) in [6.45, 7) is 7.21. The molecule has 130 valence electrons. The van der Waals surface area contributed by atoms with Gasteiger partial charge in [-0.2, -0.15) is 0 Å². The van der Waals surface area contributed by atoms with Gasteiger partial charge in [0.2, 0.25) is 0 Å². The van der Waals surface area contributed by atoms with Gasteiger partial charge in [-0.3, -0.25) is 4.79 Å². The number of carbonyl (C=O) groups excluding carboxylic acids is 1. The molecule has 2 rings (SSSR count). The molecule has 0 amide bonds. The second kappa shape index (κ2) is 7.30. The predicted molar refractivity (Wildman–Crippen MR) is 102 cm³/mol. The molecule has 4 nitrogen and oxygen atoms in total. The molecule has 24 heavy (non-hydrogen) atoms. The number of benzene rings is 1. The van der Waals surface area contributed by atoms with Crippen molar-refractivity contribution in [3.05, 3.63) is 39.0 Å². The molecule has 0 saturated carbocycles. The molecular weight excluding hydrogens is 367 g/mol. The summed E-state index contributed by atoms with van der Waals surface area (Å²) in [6.07, 6.45) is -0.0465. The zero-order valence-electron chi connectivity index (χ0n) is 14.2. The molecule has 1 aliphatic heterocycles. The minimum absolute atomic E-state index is 0.0332. The highest BCUT2D eigenvalue weighted by molar-refractivity contribution is 7.80. The van der Waals surface area contributed by atoms with Crippen LogP contribution in [0, 0.1) is 0 Å². The van der Waals surface area contributed by atoms with Gasteiger partial charge in [-0.15, -0.1) is 0 Å². The Balaban J connectivity index is 2.54. The molecule has 1 aromatic carbocycles. The number of ketones is 1. The predicted octanol–water partition coefficient (Wildman–Crippen LogP) is 4.50. The van der Waals surface area contributed by atoms with Crippen LogP contribution in [0.2, 0.25) is 10.0 Å². The molecule has 0 aromatic heterocycles. The number of Topliss-reactive ketones (excluding diaryl/α,β-unsaturated/α-hetero) is 1. The van der Waals surface area contributed by atoms with Crippen LogP contribution >= 0.6 is 35.4 Å². The van der Waals surface area contributed by atoms with E-state index in [1.165, 1.54) is 6.92 Å². The third-order valence-electron chi connectivity index (χ3n) is 3.84. The van der Waals surface area contributed by atoms with Gasteiger partial charge in [0.1, 0.15) is 0 Å². The van der Waals surface area contributed by atoms with Crippen molar-refractivity contribution < 1.29 is 9.53 Å². The summed E-state index contributed by atoms with van der Waals surface area (Å²) in [5.74, 6) is 0.409. The number of hydrogen-bond donors (Lipinski definition) is 1. The van der Waals surface area contributed by atoms with Gasteiger partial charge in [-0.1, -0.05) is 23.2 Å². The zero-order chi connectivity index (χ0) is 18.2. The molecule has 1 unspecified atom stereocenters. The molecule has 0 saturated heterocycles. The molecular formula is C17H20Cl2N2O2S. The first-order valence-electron chi connectivity index (χ1n) is 7.55. The van der Waals surface area contributed by atoms with E-state index >= 15 is 0 Å². The first-order chi connectivity index (χ1) is 11.1. The van der Waals surface area contributed by atoms with E-state index < -0.39 is 6.04 Å². The van der Waals surface area contributed by atoms with Crippen LogP contribution < -0.4 is 10.1 Å². The first kappa shape index (κ1) is 19.0. The molecule has 0 bridgehead atoms. The Kier molecular flexibility index (Phi) is 5.78. The average Bonchev–Trinajstić information content (AvgIpc) is 2.47. The van der Waals surface area contributed by atoms with Gasteiger partial charge in [0.25, 0.3) is 0 Å². The van der Waals surface area contributed by atoms with Gasteiger partial charge in [-0.25, -0.2) is 0 Å². The lowest BCUT2D eigenvalue weighted by atomic mass is 9.92. The number of nitrogens with one attached hydrogen (secondary N) is 1. The second-order valence-corrected chi connectivity index (χ2v) is 7.18.